The van der Waals surface area contributed by atoms with Crippen molar-refractivity contribution in [3.63, 3.8) is 0 Å². The molecule has 2 aromatic carbocycles. The lowest BCUT2D eigenvalue weighted by Crippen LogP contribution is -2.77. The normalized spacial score (nSPS) is 28.3. The molecule has 1 aromatic heterocycles. The highest BCUT2D eigenvalue weighted by Gasteiger charge is 2.75. The quantitative estimate of drug-likeness (QED) is 0.261. The Morgan fingerprint density at radius 2 is 1.91 bits per heavy atom. The molecule has 1 saturated heterocycles. The van der Waals surface area contributed by atoms with E-state index in [1.165, 1.54) is 19.8 Å². The molecule has 2 bridgehead atoms. The average molecular weight is 612 g/mol. The van der Waals surface area contributed by atoms with Crippen molar-refractivity contribution in [1.29, 1.82) is 0 Å². The van der Waals surface area contributed by atoms with Gasteiger partial charge in [-0.05, 0) is 56.2 Å². The maximum absolute atomic E-state index is 14.2. The number of aromatic nitrogens is 2. The summed E-state index contributed by atoms with van der Waals surface area (Å²) in [6, 6.07) is 13.2. The Labute approximate surface area is 261 Å². The van der Waals surface area contributed by atoms with Crippen molar-refractivity contribution in [3.05, 3.63) is 59.5 Å². The van der Waals surface area contributed by atoms with E-state index in [9.17, 15) is 14.4 Å². The summed E-state index contributed by atoms with van der Waals surface area (Å²) in [5.41, 5.74) is 0.120. The Bertz CT molecular complexity index is 1710. The van der Waals surface area contributed by atoms with Crippen LogP contribution in [-0.4, -0.2) is 63.6 Å². The lowest BCUT2D eigenvalue weighted by molar-refractivity contribution is -0.217. The zero-order valence-corrected chi connectivity index (χ0v) is 25.8. The van der Waals surface area contributed by atoms with Crippen LogP contribution in [0.3, 0.4) is 0 Å². The van der Waals surface area contributed by atoms with Crippen molar-refractivity contribution in [2.24, 2.45) is 5.92 Å². The molecule has 0 N–H and O–H groups in total. The third kappa shape index (κ3) is 4.28. The molecule has 3 aliphatic carbocycles. The molecule has 3 heterocycles. The molecule has 3 fully saturated rings. The predicted molar refractivity (Wildman–Crippen MR) is 161 cm³/mol. The first-order chi connectivity index (χ1) is 21.6. The van der Waals surface area contributed by atoms with Gasteiger partial charge in [-0.1, -0.05) is 55.4 Å². The third-order valence-corrected chi connectivity index (χ3v) is 10.7. The number of likely N-dealkylation sites (tertiary alicyclic amines) is 1. The standard InChI is InChI=1S/C35H37N3O7/c1-20(39)42-25-12-11-23-17-26-35(44-27(41)18-33(2,3)32-36-31(37-45-32)22-7-5-4-6-8-22)14-13-24(40)30-34(35,28(23)29(25)43-30)15-16-38(26)19-21-9-10-21/h4-8,11-12,21,26,30H,9-10,13-19H2,1-3H3/t26-,30+,34+,35-/m1/s1. The summed E-state index contributed by atoms with van der Waals surface area (Å²) in [4.78, 5) is 47.0. The van der Waals surface area contributed by atoms with E-state index in [2.05, 4.69) is 15.0 Å². The summed E-state index contributed by atoms with van der Waals surface area (Å²) in [7, 11) is 0. The molecule has 4 atom stereocenters. The van der Waals surface area contributed by atoms with Crippen LogP contribution in [0.15, 0.2) is 47.0 Å². The van der Waals surface area contributed by atoms with Crippen molar-refractivity contribution in [2.75, 3.05) is 13.1 Å². The van der Waals surface area contributed by atoms with Gasteiger partial charge in [0, 0.05) is 31.0 Å². The Kier molecular flexibility index (Phi) is 6.30. The number of hydrogen-bond acceptors (Lipinski definition) is 10. The predicted octanol–water partition coefficient (Wildman–Crippen LogP) is 4.71. The molecular weight excluding hydrogens is 574 g/mol. The second-order valence-corrected chi connectivity index (χ2v) is 14.1. The fourth-order valence-electron chi connectivity index (χ4n) is 8.55. The van der Waals surface area contributed by atoms with E-state index in [0.29, 0.717) is 48.4 Å². The molecular formula is C35H37N3O7. The van der Waals surface area contributed by atoms with Crippen LogP contribution in [0, 0.1) is 5.92 Å². The number of nitrogens with zero attached hydrogens (tertiary/aromatic N) is 3. The second kappa shape index (κ2) is 9.97. The highest BCUT2D eigenvalue weighted by atomic mass is 16.6. The van der Waals surface area contributed by atoms with Gasteiger partial charge in [-0.25, -0.2) is 0 Å². The monoisotopic (exact) mass is 611 g/mol. The van der Waals surface area contributed by atoms with Gasteiger partial charge in [0.05, 0.1) is 23.3 Å². The Balaban J connectivity index is 1.17. The van der Waals surface area contributed by atoms with Gasteiger partial charge in [0.1, 0.15) is 5.60 Å². The zero-order chi connectivity index (χ0) is 31.1. The zero-order valence-electron chi connectivity index (χ0n) is 25.8. The molecule has 45 heavy (non-hydrogen) atoms. The minimum Gasteiger partial charge on any atom is -0.477 e. The van der Waals surface area contributed by atoms with Gasteiger partial charge in [-0.15, -0.1) is 0 Å². The largest absolute Gasteiger partial charge is 0.477 e. The molecule has 10 heteroatoms. The van der Waals surface area contributed by atoms with E-state index >= 15 is 0 Å². The van der Waals surface area contributed by atoms with Crippen molar-refractivity contribution in [2.45, 2.75) is 94.3 Å². The summed E-state index contributed by atoms with van der Waals surface area (Å²) in [6.07, 6.45) is 3.55. The van der Waals surface area contributed by atoms with Crippen LogP contribution in [0.4, 0.5) is 0 Å². The molecule has 3 aromatic rings. The molecule has 0 amide bonds. The topological polar surface area (TPSA) is 121 Å². The molecule has 2 saturated carbocycles. The van der Waals surface area contributed by atoms with Gasteiger partial charge in [-0.2, -0.15) is 4.98 Å². The first-order valence-corrected chi connectivity index (χ1v) is 16.0. The molecule has 5 aliphatic rings. The van der Waals surface area contributed by atoms with Gasteiger partial charge in [-0.3, -0.25) is 19.3 Å². The number of esters is 2. The van der Waals surface area contributed by atoms with Crippen LogP contribution in [0.5, 0.6) is 11.5 Å². The number of piperidine rings is 1. The number of ketones is 1. The van der Waals surface area contributed by atoms with Crippen molar-refractivity contribution < 1.29 is 33.1 Å². The molecule has 2 aliphatic heterocycles. The third-order valence-electron chi connectivity index (χ3n) is 10.7. The van der Waals surface area contributed by atoms with Crippen LogP contribution in [0.1, 0.15) is 76.3 Å². The number of benzene rings is 2. The van der Waals surface area contributed by atoms with Crippen LogP contribution >= 0.6 is 0 Å². The average Bonchev–Trinajstić information content (AvgIpc) is 3.52. The fourth-order valence-corrected chi connectivity index (χ4v) is 8.55. The van der Waals surface area contributed by atoms with Crippen LogP contribution in [0.25, 0.3) is 11.4 Å². The van der Waals surface area contributed by atoms with E-state index in [1.807, 2.05) is 50.2 Å². The van der Waals surface area contributed by atoms with Crippen molar-refractivity contribution in [1.82, 2.24) is 15.0 Å². The Morgan fingerprint density at radius 1 is 1.11 bits per heavy atom. The molecule has 234 valence electrons. The van der Waals surface area contributed by atoms with Crippen molar-refractivity contribution >= 4 is 17.7 Å². The van der Waals surface area contributed by atoms with E-state index in [-0.39, 0.29) is 30.6 Å². The lowest BCUT2D eigenvalue weighted by Gasteiger charge is -2.63. The minimum absolute atomic E-state index is 0.00600. The maximum atomic E-state index is 14.2. The highest BCUT2D eigenvalue weighted by molar-refractivity contribution is 5.90. The van der Waals surface area contributed by atoms with Gasteiger partial charge >= 0.3 is 11.9 Å². The summed E-state index contributed by atoms with van der Waals surface area (Å²) in [5.74, 6) is 1.37. The van der Waals surface area contributed by atoms with Gasteiger partial charge in [0.25, 0.3) is 0 Å². The summed E-state index contributed by atoms with van der Waals surface area (Å²) < 4.78 is 24.6. The highest BCUT2D eigenvalue weighted by Crippen LogP contribution is 2.66. The number of ether oxygens (including phenoxy) is 3. The fraction of sp³-hybridized carbons (Fsp3) is 0.514. The van der Waals surface area contributed by atoms with Gasteiger partial charge in [0.15, 0.2) is 23.4 Å². The van der Waals surface area contributed by atoms with E-state index in [1.54, 1.807) is 6.07 Å². The number of Topliss-reactive ketones (excluding diaryl/α,β-unsaturated/α-hetero) is 1. The summed E-state index contributed by atoms with van der Waals surface area (Å²) in [5, 5.41) is 4.17. The minimum atomic E-state index is -0.983. The molecule has 0 unspecified atom stereocenters. The van der Waals surface area contributed by atoms with E-state index in [4.69, 9.17) is 18.7 Å². The molecule has 1 spiro atoms. The maximum Gasteiger partial charge on any atom is 0.308 e. The lowest BCUT2D eigenvalue weighted by atomic mass is 9.48. The first kappa shape index (κ1) is 28.4. The number of hydrogen-bond donors (Lipinski definition) is 0. The molecule has 10 nitrogen and oxygen atoms in total. The van der Waals surface area contributed by atoms with Crippen molar-refractivity contribution in [3.8, 4) is 22.9 Å². The van der Waals surface area contributed by atoms with E-state index in [0.717, 1.165) is 29.8 Å². The number of carbonyl (C=O) groups excluding carboxylic acids is 3. The van der Waals surface area contributed by atoms with Crippen LogP contribution in [-0.2, 0) is 36.4 Å². The summed E-state index contributed by atoms with van der Waals surface area (Å²) >= 11 is 0. The van der Waals surface area contributed by atoms with Gasteiger partial charge in [0.2, 0.25) is 11.7 Å². The van der Waals surface area contributed by atoms with Gasteiger partial charge < -0.3 is 18.7 Å². The Morgan fingerprint density at radius 3 is 2.67 bits per heavy atom. The number of rotatable bonds is 8. The second-order valence-electron chi connectivity index (χ2n) is 14.1. The molecule has 0 radical (unpaired) electrons. The molecule has 8 rings (SSSR count). The Hall–Kier alpha value is -4.05. The van der Waals surface area contributed by atoms with Crippen LogP contribution < -0.4 is 9.47 Å². The van der Waals surface area contributed by atoms with E-state index < -0.39 is 28.5 Å². The smallest absolute Gasteiger partial charge is 0.308 e. The summed E-state index contributed by atoms with van der Waals surface area (Å²) in [6.45, 7) is 6.88. The SMILES string of the molecule is CC(=O)Oc1ccc2c3c1O[C@H]1C(=O)CC[C@@]4(OC(=O)CC(C)(C)c5nc(-c6ccccc6)no5)[C@@H](C2)N(CC2CC2)CC[C@]314. The van der Waals surface area contributed by atoms with Crippen LogP contribution in [0.2, 0.25) is 0 Å². The first-order valence-electron chi connectivity index (χ1n) is 16.0. The number of carbonyl (C=O) groups is 3.